The highest BCUT2D eigenvalue weighted by molar-refractivity contribution is 4.86. The first kappa shape index (κ1) is 9.79. The van der Waals surface area contributed by atoms with Gasteiger partial charge in [-0.05, 0) is 44.6 Å². The lowest BCUT2D eigenvalue weighted by Gasteiger charge is -2.37. The summed E-state index contributed by atoms with van der Waals surface area (Å²) in [7, 11) is 0. The lowest BCUT2D eigenvalue weighted by Crippen LogP contribution is -2.43. The van der Waals surface area contributed by atoms with Gasteiger partial charge in [0.25, 0.3) is 0 Å². The van der Waals surface area contributed by atoms with Crippen LogP contribution in [0, 0.1) is 5.92 Å². The lowest BCUT2D eigenvalue weighted by atomic mass is 9.76. The second-order valence-electron chi connectivity index (χ2n) is 3.72. The van der Waals surface area contributed by atoms with Crippen LogP contribution in [0.1, 0.15) is 39.0 Å². The number of rotatable bonds is 6. The molecule has 1 aliphatic rings. The van der Waals surface area contributed by atoms with E-state index in [4.69, 9.17) is 0 Å². The molecule has 0 radical (unpaired) electrons. The van der Waals surface area contributed by atoms with Gasteiger partial charge in [0.1, 0.15) is 0 Å². The zero-order chi connectivity index (χ0) is 8.81. The van der Waals surface area contributed by atoms with Crippen LogP contribution in [0.15, 0.2) is 12.7 Å². The molecule has 12 heavy (non-hydrogen) atoms. The maximum atomic E-state index is 3.74. The van der Waals surface area contributed by atoms with Crippen LogP contribution >= 0.6 is 0 Å². The van der Waals surface area contributed by atoms with Gasteiger partial charge in [-0.1, -0.05) is 13.0 Å². The van der Waals surface area contributed by atoms with Crippen molar-refractivity contribution < 1.29 is 0 Å². The molecule has 1 rings (SSSR count). The Morgan fingerprint density at radius 3 is 2.83 bits per heavy atom. The molecule has 0 spiro atoms. The Balaban J connectivity index is 2.04. The molecular formula is C11H21N. The standard InChI is InChI=1S/C11H21N/c1-3-5-6-7-10-8-9-11(10)12-4-2/h3,10-12H,1,4-9H2,2H3. The van der Waals surface area contributed by atoms with E-state index < -0.39 is 0 Å². The highest BCUT2D eigenvalue weighted by atomic mass is 14.9. The Morgan fingerprint density at radius 2 is 2.33 bits per heavy atom. The van der Waals surface area contributed by atoms with Gasteiger partial charge < -0.3 is 5.32 Å². The zero-order valence-corrected chi connectivity index (χ0v) is 8.18. The average molecular weight is 167 g/mol. The van der Waals surface area contributed by atoms with Crippen LogP contribution in [0.25, 0.3) is 0 Å². The molecule has 0 aromatic rings. The number of unbranched alkanes of at least 4 members (excludes halogenated alkanes) is 1. The van der Waals surface area contributed by atoms with Crippen molar-refractivity contribution in [2.45, 2.75) is 45.1 Å². The second-order valence-corrected chi connectivity index (χ2v) is 3.72. The van der Waals surface area contributed by atoms with E-state index in [-0.39, 0.29) is 0 Å². The summed E-state index contributed by atoms with van der Waals surface area (Å²) in [6.07, 6.45) is 8.78. The molecule has 2 atom stereocenters. The van der Waals surface area contributed by atoms with E-state index in [2.05, 4.69) is 18.8 Å². The molecular weight excluding hydrogens is 146 g/mol. The summed E-state index contributed by atoms with van der Waals surface area (Å²) in [5, 5.41) is 3.53. The molecule has 0 heterocycles. The molecule has 1 nitrogen and oxygen atoms in total. The van der Waals surface area contributed by atoms with Crippen molar-refractivity contribution in [3.8, 4) is 0 Å². The Labute approximate surface area is 76.2 Å². The first-order valence-corrected chi connectivity index (χ1v) is 5.22. The maximum absolute atomic E-state index is 3.74. The average Bonchev–Trinajstić information content (AvgIpc) is 2.06. The Morgan fingerprint density at radius 1 is 1.50 bits per heavy atom. The molecule has 70 valence electrons. The third kappa shape index (κ3) is 2.63. The van der Waals surface area contributed by atoms with E-state index in [9.17, 15) is 0 Å². The number of hydrogen-bond donors (Lipinski definition) is 1. The summed E-state index contributed by atoms with van der Waals surface area (Å²) in [5.74, 6) is 0.963. The molecule has 1 N–H and O–H groups in total. The monoisotopic (exact) mass is 167 g/mol. The SMILES string of the molecule is C=CCCCC1CCC1NCC. The van der Waals surface area contributed by atoms with Crippen molar-refractivity contribution in [1.29, 1.82) is 0 Å². The summed E-state index contributed by atoms with van der Waals surface area (Å²) in [6, 6.07) is 0.833. The van der Waals surface area contributed by atoms with Crippen molar-refractivity contribution in [3.63, 3.8) is 0 Å². The van der Waals surface area contributed by atoms with Crippen molar-refractivity contribution in [2.75, 3.05) is 6.54 Å². The molecule has 1 aliphatic carbocycles. The van der Waals surface area contributed by atoms with Crippen molar-refractivity contribution >= 4 is 0 Å². The van der Waals surface area contributed by atoms with Crippen LogP contribution in [0.2, 0.25) is 0 Å². The van der Waals surface area contributed by atoms with E-state index in [0.29, 0.717) is 0 Å². The van der Waals surface area contributed by atoms with Gasteiger partial charge in [0.05, 0.1) is 0 Å². The fourth-order valence-corrected chi connectivity index (χ4v) is 1.97. The summed E-state index contributed by atoms with van der Waals surface area (Å²) < 4.78 is 0. The zero-order valence-electron chi connectivity index (χ0n) is 8.18. The molecule has 0 saturated heterocycles. The summed E-state index contributed by atoms with van der Waals surface area (Å²) in [5.41, 5.74) is 0. The van der Waals surface area contributed by atoms with Crippen molar-refractivity contribution in [2.24, 2.45) is 5.92 Å². The highest BCUT2D eigenvalue weighted by Crippen LogP contribution is 2.31. The summed E-state index contributed by atoms with van der Waals surface area (Å²) in [4.78, 5) is 0. The van der Waals surface area contributed by atoms with E-state index in [1.54, 1.807) is 0 Å². The van der Waals surface area contributed by atoms with Gasteiger partial charge >= 0.3 is 0 Å². The van der Waals surface area contributed by atoms with Gasteiger partial charge in [0.15, 0.2) is 0 Å². The van der Waals surface area contributed by atoms with Gasteiger partial charge in [-0.3, -0.25) is 0 Å². The largest absolute Gasteiger partial charge is 0.314 e. The minimum absolute atomic E-state index is 0.833. The third-order valence-electron chi connectivity index (χ3n) is 2.87. The minimum atomic E-state index is 0.833. The first-order valence-electron chi connectivity index (χ1n) is 5.22. The number of nitrogens with one attached hydrogen (secondary N) is 1. The van der Waals surface area contributed by atoms with E-state index in [1.807, 2.05) is 6.08 Å². The van der Waals surface area contributed by atoms with Gasteiger partial charge in [-0.15, -0.1) is 6.58 Å². The van der Waals surface area contributed by atoms with Gasteiger partial charge in [-0.25, -0.2) is 0 Å². The number of allylic oxidation sites excluding steroid dienone is 1. The van der Waals surface area contributed by atoms with Crippen LogP contribution in [0.3, 0.4) is 0 Å². The Kier molecular flexibility index (Phi) is 4.37. The third-order valence-corrected chi connectivity index (χ3v) is 2.87. The van der Waals surface area contributed by atoms with Gasteiger partial charge in [-0.2, -0.15) is 0 Å². The van der Waals surface area contributed by atoms with Crippen LogP contribution in [-0.2, 0) is 0 Å². The summed E-state index contributed by atoms with van der Waals surface area (Å²) >= 11 is 0. The van der Waals surface area contributed by atoms with Crippen LogP contribution in [0.4, 0.5) is 0 Å². The molecule has 1 saturated carbocycles. The van der Waals surface area contributed by atoms with Crippen LogP contribution in [0.5, 0.6) is 0 Å². The number of hydrogen-bond acceptors (Lipinski definition) is 1. The van der Waals surface area contributed by atoms with Crippen LogP contribution in [-0.4, -0.2) is 12.6 Å². The predicted octanol–water partition coefficient (Wildman–Crippen LogP) is 2.73. The van der Waals surface area contributed by atoms with E-state index in [0.717, 1.165) is 18.5 Å². The second kappa shape index (κ2) is 5.36. The van der Waals surface area contributed by atoms with Gasteiger partial charge in [0, 0.05) is 6.04 Å². The highest BCUT2D eigenvalue weighted by Gasteiger charge is 2.28. The molecule has 1 heteroatoms. The normalized spacial score (nSPS) is 28.1. The lowest BCUT2D eigenvalue weighted by molar-refractivity contribution is 0.197. The maximum Gasteiger partial charge on any atom is 0.00953 e. The molecule has 0 bridgehead atoms. The molecule has 0 aromatic heterocycles. The van der Waals surface area contributed by atoms with Gasteiger partial charge in [0.2, 0.25) is 0 Å². The Hall–Kier alpha value is -0.300. The molecule has 1 fully saturated rings. The fraction of sp³-hybridized carbons (Fsp3) is 0.818. The predicted molar refractivity (Wildman–Crippen MR) is 54.2 cm³/mol. The van der Waals surface area contributed by atoms with E-state index in [1.165, 1.54) is 32.1 Å². The first-order chi connectivity index (χ1) is 5.88. The molecule has 0 aliphatic heterocycles. The van der Waals surface area contributed by atoms with E-state index >= 15 is 0 Å². The fourth-order valence-electron chi connectivity index (χ4n) is 1.97. The molecule has 0 amide bonds. The quantitative estimate of drug-likeness (QED) is 0.474. The smallest absolute Gasteiger partial charge is 0.00953 e. The minimum Gasteiger partial charge on any atom is -0.314 e. The molecule has 2 unspecified atom stereocenters. The Bertz CT molecular complexity index is 131. The topological polar surface area (TPSA) is 12.0 Å². The van der Waals surface area contributed by atoms with Crippen molar-refractivity contribution in [1.82, 2.24) is 5.32 Å². The summed E-state index contributed by atoms with van der Waals surface area (Å²) in [6.45, 7) is 7.06. The van der Waals surface area contributed by atoms with Crippen LogP contribution < -0.4 is 5.32 Å². The molecule has 0 aromatic carbocycles. The van der Waals surface area contributed by atoms with Crippen molar-refractivity contribution in [3.05, 3.63) is 12.7 Å².